The molecule has 0 bridgehead atoms. The first kappa shape index (κ1) is 18.7. The second kappa shape index (κ2) is 8.52. The van der Waals surface area contributed by atoms with Gasteiger partial charge in [0.05, 0.1) is 0 Å². The summed E-state index contributed by atoms with van der Waals surface area (Å²) < 4.78 is 0. The number of anilines is 2. The average Bonchev–Trinajstić information content (AvgIpc) is 3.12. The van der Waals surface area contributed by atoms with Crippen LogP contribution in [0, 0.1) is 0 Å². The first-order valence-electron chi connectivity index (χ1n) is 9.17. The highest BCUT2D eigenvalue weighted by Crippen LogP contribution is 2.24. The van der Waals surface area contributed by atoms with Crippen LogP contribution in [0.4, 0.5) is 11.4 Å². The molecule has 1 aromatic heterocycles. The highest BCUT2D eigenvalue weighted by molar-refractivity contribution is 7.13. The summed E-state index contributed by atoms with van der Waals surface area (Å²) in [4.78, 5) is 19.5. The van der Waals surface area contributed by atoms with E-state index in [2.05, 4.69) is 53.4 Å². The van der Waals surface area contributed by atoms with Gasteiger partial charge in [0.1, 0.15) is 0 Å². The Morgan fingerprint density at radius 3 is 2.42 bits per heavy atom. The molecule has 0 radical (unpaired) electrons. The van der Waals surface area contributed by atoms with Crippen LogP contribution in [0.3, 0.4) is 0 Å². The first-order valence-corrected chi connectivity index (χ1v) is 9.98. The lowest BCUT2D eigenvalue weighted by molar-refractivity contribution is -0.111. The lowest BCUT2D eigenvalue weighted by atomic mass is 10.2. The molecule has 3 rings (SSSR count). The van der Waals surface area contributed by atoms with E-state index in [0.29, 0.717) is 0 Å². The number of aryl methyl sites for hydroxylation is 1. The molecular weight excluding hydrogens is 342 g/mol. The third-order valence-corrected chi connectivity index (χ3v) is 6.11. The number of allylic oxidation sites excluding steroid dienone is 1. The van der Waals surface area contributed by atoms with Gasteiger partial charge in [0, 0.05) is 53.4 Å². The van der Waals surface area contributed by atoms with Crippen molar-refractivity contribution in [3.05, 3.63) is 52.2 Å². The molecule has 0 spiro atoms. The fourth-order valence-electron chi connectivity index (χ4n) is 3.05. The maximum absolute atomic E-state index is 12.3. The number of hydrogen-bond acceptors (Lipinski definition) is 4. The van der Waals surface area contributed by atoms with Crippen LogP contribution in [0.25, 0.3) is 5.57 Å². The Kier molecular flexibility index (Phi) is 6.12. The van der Waals surface area contributed by atoms with Crippen LogP contribution in [0.1, 0.15) is 23.6 Å². The van der Waals surface area contributed by atoms with Crippen molar-refractivity contribution >= 4 is 34.2 Å². The summed E-state index contributed by atoms with van der Waals surface area (Å²) in [7, 11) is 2.16. The molecule has 1 aromatic carbocycles. The molecule has 1 N–H and O–H groups in total. The Balaban J connectivity index is 1.59. The maximum atomic E-state index is 12.3. The molecule has 5 heteroatoms. The highest BCUT2D eigenvalue weighted by Gasteiger charge is 2.14. The minimum atomic E-state index is -0.0821. The number of thiophene rings is 1. The SMILES string of the molecule is CCc1ccc(C(C)=CC(=O)Nc2ccc(N3CCN(C)CC3)cc2)s1. The van der Waals surface area contributed by atoms with Gasteiger partial charge in [0.2, 0.25) is 5.91 Å². The molecule has 4 nitrogen and oxygen atoms in total. The summed E-state index contributed by atoms with van der Waals surface area (Å²) in [5.41, 5.74) is 3.05. The molecule has 1 fully saturated rings. The number of carbonyl (C=O) groups is 1. The first-order chi connectivity index (χ1) is 12.5. The molecule has 0 saturated carbocycles. The van der Waals surface area contributed by atoms with Gasteiger partial charge in [-0.15, -0.1) is 11.3 Å². The number of amides is 1. The maximum Gasteiger partial charge on any atom is 0.248 e. The third kappa shape index (κ3) is 4.74. The molecule has 1 amide bonds. The lowest BCUT2D eigenvalue weighted by Crippen LogP contribution is -2.44. The van der Waals surface area contributed by atoms with Gasteiger partial charge < -0.3 is 15.1 Å². The summed E-state index contributed by atoms with van der Waals surface area (Å²) in [5, 5.41) is 2.96. The van der Waals surface area contributed by atoms with Gasteiger partial charge in [-0.05, 0) is 62.4 Å². The number of rotatable bonds is 5. The number of carbonyl (C=O) groups excluding carboxylic acids is 1. The Morgan fingerprint density at radius 1 is 1.12 bits per heavy atom. The molecule has 0 unspecified atom stereocenters. The summed E-state index contributed by atoms with van der Waals surface area (Å²) in [5.74, 6) is -0.0821. The molecule has 2 heterocycles. The Labute approximate surface area is 160 Å². The minimum Gasteiger partial charge on any atom is -0.369 e. The smallest absolute Gasteiger partial charge is 0.248 e. The lowest BCUT2D eigenvalue weighted by Gasteiger charge is -2.34. The molecule has 138 valence electrons. The number of piperazine rings is 1. The van der Waals surface area contributed by atoms with E-state index in [-0.39, 0.29) is 5.91 Å². The quantitative estimate of drug-likeness (QED) is 0.806. The van der Waals surface area contributed by atoms with Crippen molar-refractivity contribution in [2.45, 2.75) is 20.3 Å². The van der Waals surface area contributed by atoms with Crippen molar-refractivity contribution in [1.29, 1.82) is 0 Å². The van der Waals surface area contributed by atoms with Gasteiger partial charge >= 0.3 is 0 Å². The summed E-state index contributed by atoms with van der Waals surface area (Å²) in [6.07, 6.45) is 2.71. The number of benzene rings is 1. The van der Waals surface area contributed by atoms with Gasteiger partial charge in [-0.3, -0.25) is 4.79 Å². The normalized spacial score (nSPS) is 16.0. The zero-order valence-corrected chi connectivity index (χ0v) is 16.6. The monoisotopic (exact) mass is 369 g/mol. The second-order valence-electron chi connectivity index (χ2n) is 6.77. The Hall–Kier alpha value is -2.11. The van der Waals surface area contributed by atoms with Crippen LogP contribution in [0.2, 0.25) is 0 Å². The van der Waals surface area contributed by atoms with Crippen LogP contribution in [-0.2, 0) is 11.2 Å². The van der Waals surface area contributed by atoms with Crippen LogP contribution in [0.15, 0.2) is 42.5 Å². The number of hydrogen-bond donors (Lipinski definition) is 1. The summed E-state index contributed by atoms with van der Waals surface area (Å²) in [6, 6.07) is 12.4. The Bertz CT molecular complexity index is 771. The largest absolute Gasteiger partial charge is 0.369 e. The predicted octanol–water partition coefficient (Wildman–Crippen LogP) is 4.10. The molecule has 0 aliphatic carbocycles. The molecule has 1 aliphatic rings. The van der Waals surface area contributed by atoms with E-state index >= 15 is 0 Å². The summed E-state index contributed by atoms with van der Waals surface area (Å²) >= 11 is 1.75. The standard InChI is InChI=1S/C21H27N3OS/c1-4-19-9-10-20(26-19)16(2)15-21(25)22-17-5-7-18(8-6-17)24-13-11-23(3)12-14-24/h5-10,15H,4,11-14H2,1-3H3,(H,22,25). The van der Waals surface area contributed by atoms with Crippen molar-refractivity contribution < 1.29 is 4.79 Å². The zero-order chi connectivity index (χ0) is 18.5. The molecule has 1 saturated heterocycles. The van der Waals surface area contributed by atoms with Crippen LogP contribution >= 0.6 is 11.3 Å². The molecular formula is C21H27N3OS. The van der Waals surface area contributed by atoms with E-state index in [9.17, 15) is 4.79 Å². The van der Waals surface area contributed by atoms with Gasteiger partial charge in [-0.2, -0.15) is 0 Å². The minimum absolute atomic E-state index is 0.0821. The van der Waals surface area contributed by atoms with Gasteiger partial charge in [-0.1, -0.05) is 6.92 Å². The molecule has 1 aliphatic heterocycles. The van der Waals surface area contributed by atoms with E-state index in [1.54, 1.807) is 17.4 Å². The molecule has 26 heavy (non-hydrogen) atoms. The number of nitrogens with zero attached hydrogens (tertiary/aromatic N) is 2. The topological polar surface area (TPSA) is 35.6 Å². The predicted molar refractivity (Wildman–Crippen MR) is 112 cm³/mol. The van der Waals surface area contributed by atoms with E-state index in [1.165, 1.54) is 10.6 Å². The van der Waals surface area contributed by atoms with Crippen molar-refractivity contribution in [3.8, 4) is 0 Å². The van der Waals surface area contributed by atoms with E-state index in [1.807, 2.05) is 19.1 Å². The van der Waals surface area contributed by atoms with Crippen LogP contribution in [-0.4, -0.2) is 44.0 Å². The van der Waals surface area contributed by atoms with Crippen molar-refractivity contribution in [3.63, 3.8) is 0 Å². The van der Waals surface area contributed by atoms with Crippen LogP contribution < -0.4 is 10.2 Å². The van der Waals surface area contributed by atoms with E-state index in [0.717, 1.165) is 48.7 Å². The summed E-state index contributed by atoms with van der Waals surface area (Å²) in [6.45, 7) is 8.40. The Morgan fingerprint density at radius 2 is 1.81 bits per heavy atom. The highest BCUT2D eigenvalue weighted by atomic mass is 32.1. The van der Waals surface area contributed by atoms with Crippen molar-refractivity contribution in [2.24, 2.45) is 0 Å². The van der Waals surface area contributed by atoms with Crippen molar-refractivity contribution in [2.75, 3.05) is 43.4 Å². The van der Waals surface area contributed by atoms with Crippen LogP contribution in [0.5, 0.6) is 0 Å². The van der Waals surface area contributed by atoms with Gasteiger partial charge in [-0.25, -0.2) is 0 Å². The molecule has 2 aromatic rings. The number of likely N-dealkylation sites (N-methyl/N-ethyl adjacent to an activating group) is 1. The fourth-order valence-corrected chi connectivity index (χ4v) is 3.97. The third-order valence-electron chi connectivity index (χ3n) is 4.75. The van der Waals surface area contributed by atoms with E-state index < -0.39 is 0 Å². The number of nitrogens with one attached hydrogen (secondary N) is 1. The van der Waals surface area contributed by atoms with Gasteiger partial charge in [0.25, 0.3) is 0 Å². The zero-order valence-electron chi connectivity index (χ0n) is 15.8. The second-order valence-corrected chi connectivity index (χ2v) is 7.94. The van der Waals surface area contributed by atoms with Crippen molar-refractivity contribution in [1.82, 2.24) is 4.90 Å². The fraction of sp³-hybridized carbons (Fsp3) is 0.381. The average molecular weight is 370 g/mol. The van der Waals surface area contributed by atoms with Gasteiger partial charge in [0.15, 0.2) is 0 Å². The molecule has 0 atom stereocenters. The van der Waals surface area contributed by atoms with E-state index in [4.69, 9.17) is 0 Å².